The van der Waals surface area contributed by atoms with Crippen LogP contribution < -0.4 is 10.1 Å². The fourth-order valence-corrected chi connectivity index (χ4v) is 1.26. The molecule has 1 rings (SSSR count). The fraction of sp³-hybridized carbons (Fsp3) is 0.417. The third kappa shape index (κ3) is 4.05. The monoisotopic (exact) mass is 239 g/mol. The first-order chi connectivity index (χ1) is 8.21. The lowest BCUT2D eigenvalue weighted by atomic mass is 10.2. The zero-order valence-electron chi connectivity index (χ0n) is 10.2. The van der Waals surface area contributed by atoms with Crippen LogP contribution in [0.5, 0.6) is 5.75 Å². The number of benzene rings is 1. The lowest BCUT2D eigenvalue weighted by Crippen LogP contribution is -2.35. The van der Waals surface area contributed by atoms with Gasteiger partial charge in [0.15, 0.2) is 0 Å². The molecule has 1 unspecified atom stereocenters. The summed E-state index contributed by atoms with van der Waals surface area (Å²) in [5.74, 6) is 0.476. The van der Waals surface area contributed by atoms with Crippen LogP contribution in [0, 0.1) is 0 Å². The Morgan fingerprint density at radius 2 is 1.94 bits per heavy atom. The Kier molecular flexibility index (Phi) is 5.45. The van der Waals surface area contributed by atoms with E-state index in [0.29, 0.717) is 6.61 Å². The van der Waals surface area contributed by atoms with Crippen molar-refractivity contribution in [3.8, 4) is 5.75 Å². The molecule has 1 aromatic rings. The van der Waals surface area contributed by atoms with Crippen molar-refractivity contribution in [3.63, 3.8) is 0 Å². The average molecular weight is 239 g/mol. The number of methoxy groups -OCH3 is 2. The van der Waals surface area contributed by atoms with E-state index in [-0.39, 0.29) is 5.91 Å². The third-order valence-electron chi connectivity index (χ3n) is 2.23. The van der Waals surface area contributed by atoms with Gasteiger partial charge < -0.3 is 19.5 Å². The summed E-state index contributed by atoms with van der Waals surface area (Å²) in [7, 11) is 4.57. The average Bonchev–Trinajstić information content (AvgIpc) is 2.39. The van der Waals surface area contributed by atoms with Crippen molar-refractivity contribution in [2.75, 3.05) is 21.3 Å². The molecule has 0 fully saturated rings. The highest BCUT2D eigenvalue weighted by molar-refractivity contribution is 5.79. The van der Waals surface area contributed by atoms with E-state index >= 15 is 0 Å². The first-order valence-corrected chi connectivity index (χ1v) is 5.20. The minimum Gasteiger partial charge on any atom is -0.497 e. The van der Waals surface area contributed by atoms with Crippen LogP contribution in [-0.4, -0.2) is 33.5 Å². The molecule has 0 aliphatic heterocycles. The fourth-order valence-electron chi connectivity index (χ4n) is 1.26. The second-order valence-electron chi connectivity index (χ2n) is 3.34. The molecule has 0 spiro atoms. The Labute approximate surface area is 101 Å². The van der Waals surface area contributed by atoms with Gasteiger partial charge in [0.05, 0.1) is 13.7 Å². The van der Waals surface area contributed by atoms with E-state index in [1.807, 2.05) is 24.3 Å². The summed E-state index contributed by atoms with van der Waals surface area (Å²) >= 11 is 0. The largest absolute Gasteiger partial charge is 0.497 e. The number of likely N-dealkylation sites (N-methyl/N-ethyl adjacent to an activating group) is 1. The summed E-state index contributed by atoms with van der Waals surface area (Å²) in [6, 6.07) is 7.41. The van der Waals surface area contributed by atoms with Crippen molar-refractivity contribution < 1.29 is 19.0 Å². The van der Waals surface area contributed by atoms with Gasteiger partial charge in [0, 0.05) is 14.2 Å². The number of hydrogen-bond donors (Lipinski definition) is 1. The lowest BCUT2D eigenvalue weighted by molar-refractivity contribution is -0.167. The van der Waals surface area contributed by atoms with Gasteiger partial charge in [-0.25, -0.2) is 0 Å². The number of amides is 1. The number of carbonyl (C=O) groups is 1. The highest BCUT2D eigenvalue weighted by atomic mass is 16.7. The molecule has 1 atom stereocenters. The molecule has 1 amide bonds. The standard InChI is InChI=1S/C12H17NO4/c1-13-11(14)12(16-3)17-8-9-4-6-10(15-2)7-5-9/h4-7,12H,8H2,1-3H3,(H,13,14). The molecule has 0 aliphatic carbocycles. The first-order valence-electron chi connectivity index (χ1n) is 5.20. The second-order valence-corrected chi connectivity index (χ2v) is 3.34. The molecule has 0 heterocycles. The van der Waals surface area contributed by atoms with Gasteiger partial charge in [0.1, 0.15) is 5.75 Å². The molecule has 17 heavy (non-hydrogen) atoms. The van der Waals surface area contributed by atoms with Gasteiger partial charge in [-0.3, -0.25) is 4.79 Å². The molecule has 0 aliphatic rings. The van der Waals surface area contributed by atoms with E-state index in [4.69, 9.17) is 14.2 Å². The maximum Gasteiger partial charge on any atom is 0.276 e. The van der Waals surface area contributed by atoms with Gasteiger partial charge in [-0.1, -0.05) is 12.1 Å². The number of hydrogen-bond acceptors (Lipinski definition) is 4. The van der Waals surface area contributed by atoms with Crippen LogP contribution in [0.3, 0.4) is 0 Å². The van der Waals surface area contributed by atoms with Crippen LogP contribution in [-0.2, 0) is 20.9 Å². The molecule has 0 aromatic heterocycles. The van der Waals surface area contributed by atoms with Crippen molar-refractivity contribution >= 4 is 5.91 Å². The van der Waals surface area contributed by atoms with Crippen LogP contribution >= 0.6 is 0 Å². The maximum atomic E-state index is 11.3. The Hall–Kier alpha value is -1.59. The Morgan fingerprint density at radius 1 is 1.29 bits per heavy atom. The van der Waals surface area contributed by atoms with Crippen LogP contribution in [0.25, 0.3) is 0 Å². The van der Waals surface area contributed by atoms with Gasteiger partial charge in [-0.05, 0) is 17.7 Å². The van der Waals surface area contributed by atoms with Crippen LogP contribution in [0.1, 0.15) is 5.56 Å². The maximum absolute atomic E-state index is 11.3. The number of nitrogens with one attached hydrogen (secondary N) is 1. The van der Waals surface area contributed by atoms with E-state index in [2.05, 4.69) is 5.32 Å². The molecule has 5 nitrogen and oxygen atoms in total. The molecule has 1 aromatic carbocycles. The van der Waals surface area contributed by atoms with Crippen molar-refractivity contribution in [1.82, 2.24) is 5.32 Å². The number of ether oxygens (including phenoxy) is 3. The highest BCUT2D eigenvalue weighted by Crippen LogP contribution is 2.12. The van der Waals surface area contributed by atoms with Crippen LogP contribution in [0.4, 0.5) is 0 Å². The van der Waals surface area contributed by atoms with E-state index < -0.39 is 6.29 Å². The van der Waals surface area contributed by atoms with Gasteiger partial charge in [-0.15, -0.1) is 0 Å². The highest BCUT2D eigenvalue weighted by Gasteiger charge is 2.16. The molecule has 0 bridgehead atoms. The van der Waals surface area contributed by atoms with E-state index in [0.717, 1.165) is 11.3 Å². The zero-order valence-corrected chi connectivity index (χ0v) is 10.2. The summed E-state index contributed by atoms with van der Waals surface area (Å²) in [5, 5.41) is 2.46. The lowest BCUT2D eigenvalue weighted by Gasteiger charge is -2.14. The van der Waals surface area contributed by atoms with Crippen molar-refractivity contribution in [1.29, 1.82) is 0 Å². The molecular formula is C12H17NO4. The quantitative estimate of drug-likeness (QED) is 0.750. The predicted octanol–water partition coefficient (Wildman–Crippen LogP) is 0.930. The zero-order chi connectivity index (χ0) is 12.7. The molecule has 5 heteroatoms. The Balaban J connectivity index is 2.50. The molecule has 0 radical (unpaired) electrons. The summed E-state index contributed by atoms with van der Waals surface area (Å²) in [6.45, 7) is 0.302. The first kappa shape index (κ1) is 13.5. The topological polar surface area (TPSA) is 56.8 Å². The summed E-state index contributed by atoms with van der Waals surface area (Å²) in [4.78, 5) is 11.3. The second kappa shape index (κ2) is 6.88. The summed E-state index contributed by atoms with van der Waals surface area (Å²) < 4.78 is 15.3. The van der Waals surface area contributed by atoms with Gasteiger partial charge in [-0.2, -0.15) is 0 Å². The minimum atomic E-state index is -0.887. The Bertz CT molecular complexity index is 350. The van der Waals surface area contributed by atoms with E-state index in [1.165, 1.54) is 14.2 Å². The normalized spacial score (nSPS) is 11.9. The van der Waals surface area contributed by atoms with Gasteiger partial charge in [0.25, 0.3) is 5.91 Å². The molecule has 0 saturated heterocycles. The minimum absolute atomic E-state index is 0.302. The van der Waals surface area contributed by atoms with Crippen LogP contribution in [0.2, 0.25) is 0 Å². The summed E-state index contributed by atoms with van der Waals surface area (Å²) in [5.41, 5.74) is 0.941. The van der Waals surface area contributed by atoms with Gasteiger partial charge in [0.2, 0.25) is 6.29 Å². The smallest absolute Gasteiger partial charge is 0.276 e. The van der Waals surface area contributed by atoms with Crippen molar-refractivity contribution in [3.05, 3.63) is 29.8 Å². The SMILES string of the molecule is CNC(=O)C(OC)OCc1ccc(OC)cc1. The van der Waals surface area contributed by atoms with E-state index in [1.54, 1.807) is 7.11 Å². The molecule has 1 N–H and O–H groups in total. The molecular weight excluding hydrogens is 222 g/mol. The van der Waals surface area contributed by atoms with Crippen LogP contribution in [0.15, 0.2) is 24.3 Å². The summed E-state index contributed by atoms with van der Waals surface area (Å²) in [6.07, 6.45) is -0.887. The van der Waals surface area contributed by atoms with E-state index in [9.17, 15) is 4.79 Å². The number of rotatable bonds is 6. The van der Waals surface area contributed by atoms with Crippen molar-refractivity contribution in [2.45, 2.75) is 12.9 Å². The number of carbonyl (C=O) groups excluding carboxylic acids is 1. The predicted molar refractivity (Wildman–Crippen MR) is 62.6 cm³/mol. The molecule has 0 saturated carbocycles. The third-order valence-corrected chi connectivity index (χ3v) is 2.23. The van der Waals surface area contributed by atoms with Crippen molar-refractivity contribution in [2.24, 2.45) is 0 Å². The van der Waals surface area contributed by atoms with Gasteiger partial charge >= 0.3 is 0 Å². The molecule has 94 valence electrons. The Morgan fingerprint density at radius 3 is 2.41 bits per heavy atom.